The van der Waals surface area contributed by atoms with Gasteiger partial charge in [-0.1, -0.05) is 24.3 Å². The molecule has 160 valence electrons. The molecule has 2 aromatic carbocycles. The summed E-state index contributed by atoms with van der Waals surface area (Å²) in [5, 5.41) is 5.67. The molecule has 1 fully saturated rings. The van der Waals surface area contributed by atoms with Crippen molar-refractivity contribution in [1.29, 1.82) is 0 Å². The molecule has 0 unspecified atom stereocenters. The van der Waals surface area contributed by atoms with Crippen LogP contribution in [0.15, 0.2) is 48.5 Å². The van der Waals surface area contributed by atoms with Crippen LogP contribution in [0, 0.1) is 5.92 Å². The highest BCUT2D eigenvalue weighted by Gasteiger charge is 2.29. The largest absolute Gasteiger partial charge is 0.348 e. The van der Waals surface area contributed by atoms with Crippen molar-refractivity contribution < 1.29 is 18.0 Å². The first-order chi connectivity index (χ1) is 14.2. The molecule has 0 aliphatic heterocycles. The number of nitrogens with one attached hydrogen (secondary N) is 3. The van der Waals surface area contributed by atoms with Crippen LogP contribution in [-0.4, -0.2) is 26.3 Å². The van der Waals surface area contributed by atoms with Crippen LogP contribution in [0.1, 0.15) is 48.2 Å². The zero-order valence-corrected chi connectivity index (χ0v) is 18.0. The van der Waals surface area contributed by atoms with E-state index in [0.717, 1.165) is 18.4 Å². The average molecular weight is 430 g/mol. The van der Waals surface area contributed by atoms with Gasteiger partial charge in [-0.25, -0.2) is 13.1 Å². The fourth-order valence-corrected chi connectivity index (χ4v) is 4.54. The van der Waals surface area contributed by atoms with Gasteiger partial charge in [0.1, 0.15) is 0 Å². The van der Waals surface area contributed by atoms with Crippen LogP contribution >= 0.6 is 0 Å². The Morgan fingerprint density at radius 2 is 1.63 bits per heavy atom. The number of rotatable bonds is 9. The van der Waals surface area contributed by atoms with Gasteiger partial charge in [-0.2, -0.15) is 0 Å². The topological polar surface area (TPSA) is 104 Å². The molecule has 0 aromatic heterocycles. The maximum atomic E-state index is 12.5. The lowest BCUT2D eigenvalue weighted by molar-refractivity contribution is -0.117. The van der Waals surface area contributed by atoms with Crippen LogP contribution in [0.25, 0.3) is 0 Å². The van der Waals surface area contributed by atoms with Crippen LogP contribution in [-0.2, 0) is 27.1 Å². The summed E-state index contributed by atoms with van der Waals surface area (Å²) in [6, 6.07) is 13.7. The third kappa shape index (κ3) is 6.40. The standard InChI is InChI=1S/C22H27N3O4S/c1-15(2)25-30(28,29)14-19-6-4-3-5-18(19)13-23-21(26)16-9-11-20(12-10-16)24-22(27)17-7-8-17/h3-6,9-12,15,17,25H,7-8,13-14H2,1-2H3,(H,23,26)(H,24,27). The molecular formula is C22H27N3O4S. The Morgan fingerprint density at radius 1 is 1.00 bits per heavy atom. The van der Waals surface area contributed by atoms with Crippen LogP contribution in [0.3, 0.4) is 0 Å². The molecule has 3 rings (SSSR count). The third-order valence-corrected chi connectivity index (χ3v) is 6.20. The van der Waals surface area contributed by atoms with E-state index in [1.165, 1.54) is 0 Å². The van der Waals surface area contributed by atoms with E-state index in [1.54, 1.807) is 56.3 Å². The summed E-state index contributed by atoms with van der Waals surface area (Å²) in [5.41, 5.74) is 2.51. The van der Waals surface area contributed by atoms with E-state index in [9.17, 15) is 18.0 Å². The van der Waals surface area contributed by atoms with Gasteiger partial charge in [0.15, 0.2) is 0 Å². The first-order valence-electron chi connectivity index (χ1n) is 9.99. The van der Waals surface area contributed by atoms with E-state index in [-0.39, 0.29) is 36.1 Å². The van der Waals surface area contributed by atoms with Gasteiger partial charge in [0.25, 0.3) is 5.91 Å². The number of anilines is 1. The molecule has 0 radical (unpaired) electrons. The summed E-state index contributed by atoms with van der Waals surface area (Å²) in [7, 11) is -3.46. The maximum absolute atomic E-state index is 12.5. The Bertz CT molecular complexity index is 1010. The van der Waals surface area contributed by atoms with Crippen molar-refractivity contribution in [3.8, 4) is 0 Å². The molecule has 0 spiro atoms. The Morgan fingerprint density at radius 3 is 2.23 bits per heavy atom. The molecule has 0 heterocycles. The molecule has 3 N–H and O–H groups in total. The maximum Gasteiger partial charge on any atom is 0.251 e. The normalized spacial score (nSPS) is 13.8. The minimum atomic E-state index is -3.46. The van der Waals surface area contributed by atoms with Crippen LogP contribution < -0.4 is 15.4 Å². The van der Waals surface area contributed by atoms with Crippen molar-refractivity contribution in [3.05, 3.63) is 65.2 Å². The SMILES string of the molecule is CC(C)NS(=O)(=O)Cc1ccccc1CNC(=O)c1ccc(NC(=O)C2CC2)cc1. The molecule has 7 nitrogen and oxygen atoms in total. The Kier molecular flexibility index (Phi) is 6.89. The number of carbonyl (C=O) groups excluding carboxylic acids is 2. The molecule has 2 aromatic rings. The van der Waals surface area contributed by atoms with Crippen molar-refractivity contribution in [2.24, 2.45) is 5.92 Å². The van der Waals surface area contributed by atoms with E-state index in [0.29, 0.717) is 16.8 Å². The Labute approximate surface area is 177 Å². The summed E-state index contributed by atoms with van der Waals surface area (Å²) < 4.78 is 27.1. The van der Waals surface area contributed by atoms with E-state index < -0.39 is 10.0 Å². The minimum Gasteiger partial charge on any atom is -0.348 e. The lowest BCUT2D eigenvalue weighted by Gasteiger charge is -2.13. The highest BCUT2D eigenvalue weighted by molar-refractivity contribution is 7.88. The number of hydrogen-bond donors (Lipinski definition) is 3. The predicted molar refractivity (Wildman–Crippen MR) is 116 cm³/mol. The lowest BCUT2D eigenvalue weighted by atomic mass is 10.1. The van der Waals surface area contributed by atoms with Gasteiger partial charge in [-0.3, -0.25) is 9.59 Å². The van der Waals surface area contributed by atoms with Crippen molar-refractivity contribution >= 4 is 27.5 Å². The number of hydrogen-bond acceptors (Lipinski definition) is 4. The number of benzene rings is 2. The summed E-state index contributed by atoms with van der Waals surface area (Å²) in [4.78, 5) is 24.3. The van der Waals surface area contributed by atoms with Crippen LogP contribution in [0.4, 0.5) is 5.69 Å². The van der Waals surface area contributed by atoms with Crippen molar-refractivity contribution in [1.82, 2.24) is 10.0 Å². The summed E-state index contributed by atoms with van der Waals surface area (Å²) in [6.45, 7) is 3.75. The molecule has 0 atom stereocenters. The van der Waals surface area contributed by atoms with Gasteiger partial charge in [-0.15, -0.1) is 0 Å². The molecular weight excluding hydrogens is 402 g/mol. The van der Waals surface area contributed by atoms with Gasteiger partial charge in [-0.05, 0) is 62.1 Å². The fourth-order valence-electron chi connectivity index (χ4n) is 3.05. The van der Waals surface area contributed by atoms with Crippen LogP contribution in [0.5, 0.6) is 0 Å². The Balaban J connectivity index is 1.60. The van der Waals surface area contributed by atoms with Gasteiger partial charge in [0.05, 0.1) is 5.75 Å². The van der Waals surface area contributed by atoms with E-state index in [1.807, 2.05) is 6.07 Å². The van der Waals surface area contributed by atoms with Crippen molar-refractivity contribution in [2.45, 2.75) is 45.0 Å². The second-order valence-electron chi connectivity index (χ2n) is 7.82. The molecule has 2 amide bonds. The highest BCUT2D eigenvalue weighted by atomic mass is 32.2. The summed E-state index contributed by atoms with van der Waals surface area (Å²) in [5.74, 6) is -0.279. The molecule has 30 heavy (non-hydrogen) atoms. The first kappa shape index (κ1) is 22.0. The van der Waals surface area contributed by atoms with Gasteiger partial charge >= 0.3 is 0 Å². The fraction of sp³-hybridized carbons (Fsp3) is 0.364. The van der Waals surface area contributed by atoms with Crippen molar-refractivity contribution in [2.75, 3.05) is 5.32 Å². The lowest BCUT2D eigenvalue weighted by Crippen LogP contribution is -2.31. The first-order valence-corrected chi connectivity index (χ1v) is 11.6. The third-order valence-electron chi connectivity index (χ3n) is 4.68. The molecule has 1 aliphatic rings. The minimum absolute atomic E-state index is 0.0192. The van der Waals surface area contributed by atoms with Gasteiger partial charge < -0.3 is 10.6 Å². The summed E-state index contributed by atoms with van der Waals surface area (Å²) in [6.07, 6.45) is 1.87. The van der Waals surface area contributed by atoms with Gasteiger partial charge in [0.2, 0.25) is 15.9 Å². The zero-order chi connectivity index (χ0) is 21.7. The van der Waals surface area contributed by atoms with Crippen LogP contribution in [0.2, 0.25) is 0 Å². The number of carbonyl (C=O) groups is 2. The van der Waals surface area contributed by atoms with Gasteiger partial charge in [0, 0.05) is 29.8 Å². The number of sulfonamides is 1. The Hall–Kier alpha value is -2.71. The quantitative estimate of drug-likeness (QED) is 0.570. The van der Waals surface area contributed by atoms with E-state index in [2.05, 4.69) is 15.4 Å². The number of amides is 2. The monoisotopic (exact) mass is 429 g/mol. The predicted octanol–water partition coefficient (Wildman–Crippen LogP) is 2.79. The van der Waals surface area contributed by atoms with E-state index in [4.69, 9.17) is 0 Å². The second kappa shape index (κ2) is 9.40. The smallest absolute Gasteiger partial charge is 0.251 e. The summed E-state index contributed by atoms with van der Waals surface area (Å²) >= 11 is 0. The molecule has 8 heteroatoms. The molecule has 1 saturated carbocycles. The second-order valence-corrected chi connectivity index (χ2v) is 9.58. The average Bonchev–Trinajstić information content (AvgIpc) is 3.51. The molecule has 1 aliphatic carbocycles. The molecule has 0 bridgehead atoms. The molecule has 0 saturated heterocycles. The zero-order valence-electron chi connectivity index (χ0n) is 17.1. The van der Waals surface area contributed by atoms with E-state index >= 15 is 0 Å². The van der Waals surface area contributed by atoms with Crippen molar-refractivity contribution in [3.63, 3.8) is 0 Å². The highest BCUT2D eigenvalue weighted by Crippen LogP contribution is 2.30.